The summed E-state index contributed by atoms with van der Waals surface area (Å²) in [5, 5.41) is 6.39. The van der Waals surface area contributed by atoms with Crippen LogP contribution in [0.5, 0.6) is 0 Å². The molecule has 3 heterocycles. The van der Waals surface area contributed by atoms with Crippen LogP contribution < -0.4 is 10.6 Å². The Labute approximate surface area is 119 Å². The summed E-state index contributed by atoms with van der Waals surface area (Å²) in [6.07, 6.45) is 7.90. The topological polar surface area (TPSA) is 73.0 Å². The largest absolute Gasteiger partial charge is 0.348 e. The zero-order valence-electron chi connectivity index (χ0n) is 11.8. The van der Waals surface area contributed by atoms with Gasteiger partial charge in [0.25, 0.3) is 0 Å². The van der Waals surface area contributed by atoms with E-state index in [1.807, 2.05) is 0 Å². The molecule has 20 heavy (non-hydrogen) atoms. The predicted molar refractivity (Wildman–Crippen MR) is 76.1 cm³/mol. The molecule has 110 valence electrons. The number of likely N-dealkylation sites (tertiary alicyclic amines) is 1. The van der Waals surface area contributed by atoms with Crippen LogP contribution in [0.4, 0.5) is 0 Å². The van der Waals surface area contributed by atoms with Crippen molar-refractivity contribution in [2.45, 2.75) is 44.3 Å². The Morgan fingerprint density at radius 2 is 2.25 bits per heavy atom. The number of amides is 1. The third-order valence-corrected chi connectivity index (χ3v) is 4.36. The molecule has 1 atom stereocenters. The minimum Gasteiger partial charge on any atom is -0.348 e. The highest BCUT2D eigenvalue weighted by atomic mass is 16.2. The summed E-state index contributed by atoms with van der Waals surface area (Å²) < 4.78 is 0. The Balaban J connectivity index is 1.55. The van der Waals surface area contributed by atoms with Crippen molar-refractivity contribution in [1.29, 1.82) is 0 Å². The maximum absolute atomic E-state index is 12.4. The molecule has 0 aromatic carbocycles. The molecule has 0 bridgehead atoms. The van der Waals surface area contributed by atoms with Gasteiger partial charge in [0.15, 0.2) is 0 Å². The maximum atomic E-state index is 12.4. The molecule has 3 rings (SSSR count). The van der Waals surface area contributed by atoms with Gasteiger partial charge < -0.3 is 15.6 Å². The highest BCUT2D eigenvalue weighted by Gasteiger charge is 2.35. The highest BCUT2D eigenvalue weighted by molar-refractivity contribution is 5.82. The van der Waals surface area contributed by atoms with Crippen LogP contribution >= 0.6 is 0 Å². The van der Waals surface area contributed by atoms with Crippen LogP contribution in [-0.4, -0.2) is 52.5 Å². The van der Waals surface area contributed by atoms with E-state index in [0.29, 0.717) is 12.6 Å². The van der Waals surface area contributed by atoms with Gasteiger partial charge in [-0.1, -0.05) is 0 Å². The Morgan fingerprint density at radius 1 is 1.40 bits per heavy atom. The second kappa shape index (κ2) is 6.37. The summed E-state index contributed by atoms with van der Waals surface area (Å²) in [6.45, 7) is 3.69. The molecule has 0 saturated carbocycles. The molecule has 2 aliphatic rings. The molecule has 6 nitrogen and oxygen atoms in total. The number of H-pyrrole nitrogens is 1. The fraction of sp³-hybridized carbons (Fsp3) is 0.714. The molecule has 3 N–H and O–H groups in total. The lowest BCUT2D eigenvalue weighted by Crippen LogP contribution is -2.50. The lowest BCUT2D eigenvalue weighted by atomic mass is 10.0. The average molecular weight is 277 g/mol. The number of rotatable bonds is 4. The number of imidazole rings is 1. The van der Waals surface area contributed by atoms with Crippen molar-refractivity contribution in [3.8, 4) is 0 Å². The maximum Gasteiger partial charge on any atom is 0.237 e. The van der Waals surface area contributed by atoms with Crippen LogP contribution in [0.15, 0.2) is 12.4 Å². The average Bonchev–Trinajstić information content (AvgIpc) is 3.17. The Kier molecular flexibility index (Phi) is 4.32. The van der Waals surface area contributed by atoms with Crippen LogP contribution in [0, 0.1) is 0 Å². The molecule has 1 aromatic rings. The molecule has 2 fully saturated rings. The van der Waals surface area contributed by atoms with Crippen molar-refractivity contribution in [3.05, 3.63) is 18.2 Å². The summed E-state index contributed by atoms with van der Waals surface area (Å²) in [4.78, 5) is 21.9. The highest BCUT2D eigenvalue weighted by Crippen LogP contribution is 2.24. The number of hydrogen-bond donors (Lipinski definition) is 3. The summed E-state index contributed by atoms with van der Waals surface area (Å²) in [6, 6.07) is 0.617. The monoisotopic (exact) mass is 277 g/mol. The van der Waals surface area contributed by atoms with Crippen molar-refractivity contribution < 1.29 is 4.79 Å². The molecule has 1 amide bonds. The van der Waals surface area contributed by atoms with Crippen molar-refractivity contribution in [3.63, 3.8) is 0 Å². The van der Waals surface area contributed by atoms with E-state index in [9.17, 15) is 4.79 Å². The van der Waals surface area contributed by atoms with E-state index >= 15 is 0 Å². The van der Waals surface area contributed by atoms with E-state index in [4.69, 9.17) is 0 Å². The van der Waals surface area contributed by atoms with Gasteiger partial charge >= 0.3 is 0 Å². The van der Waals surface area contributed by atoms with Crippen molar-refractivity contribution in [1.82, 2.24) is 25.5 Å². The third-order valence-electron chi connectivity index (χ3n) is 4.36. The second-order valence-corrected chi connectivity index (χ2v) is 5.63. The van der Waals surface area contributed by atoms with Gasteiger partial charge in [0.2, 0.25) is 5.91 Å². The van der Waals surface area contributed by atoms with Gasteiger partial charge in [-0.2, -0.15) is 0 Å². The zero-order valence-corrected chi connectivity index (χ0v) is 11.8. The number of hydrogen-bond acceptors (Lipinski definition) is 4. The Bertz CT molecular complexity index is 427. The van der Waals surface area contributed by atoms with Gasteiger partial charge in [-0.15, -0.1) is 0 Å². The number of carbonyl (C=O) groups is 1. The standard InChI is InChI=1S/C14H23N5O/c20-14(18-10-13-16-7-8-17-13)12-2-1-9-19(12)11-3-5-15-6-4-11/h7-8,11-12,15H,1-6,9-10H2,(H,16,17)(H,18,20). The van der Waals surface area contributed by atoms with Gasteiger partial charge in [0.05, 0.1) is 12.6 Å². The lowest BCUT2D eigenvalue weighted by Gasteiger charge is -2.35. The first-order valence-electron chi connectivity index (χ1n) is 7.57. The third kappa shape index (κ3) is 3.02. The Hall–Kier alpha value is -1.40. The number of carbonyl (C=O) groups excluding carboxylic acids is 1. The normalized spacial score (nSPS) is 24.9. The van der Waals surface area contributed by atoms with E-state index in [1.165, 1.54) is 0 Å². The molecule has 1 aromatic heterocycles. The van der Waals surface area contributed by atoms with Gasteiger partial charge in [0.1, 0.15) is 5.82 Å². The summed E-state index contributed by atoms with van der Waals surface area (Å²) in [7, 11) is 0. The van der Waals surface area contributed by atoms with E-state index in [2.05, 4.69) is 25.5 Å². The van der Waals surface area contributed by atoms with Crippen molar-refractivity contribution >= 4 is 5.91 Å². The van der Waals surface area contributed by atoms with E-state index in [1.54, 1.807) is 12.4 Å². The molecule has 1 unspecified atom stereocenters. The van der Waals surface area contributed by atoms with Crippen LogP contribution in [0.3, 0.4) is 0 Å². The SMILES string of the molecule is O=C(NCc1ncc[nH]1)C1CCCN1C1CCNCC1. The molecule has 0 spiro atoms. The van der Waals surface area contributed by atoms with Gasteiger partial charge in [0, 0.05) is 18.4 Å². The van der Waals surface area contributed by atoms with Crippen LogP contribution in [0.1, 0.15) is 31.5 Å². The number of nitrogens with one attached hydrogen (secondary N) is 3. The summed E-state index contributed by atoms with van der Waals surface area (Å²) in [5.74, 6) is 0.960. The second-order valence-electron chi connectivity index (χ2n) is 5.63. The van der Waals surface area contributed by atoms with Gasteiger partial charge in [-0.25, -0.2) is 4.98 Å². The van der Waals surface area contributed by atoms with E-state index < -0.39 is 0 Å². The molecule has 6 heteroatoms. The fourth-order valence-electron chi connectivity index (χ4n) is 3.33. The number of nitrogens with zero attached hydrogens (tertiary/aromatic N) is 2. The minimum absolute atomic E-state index is 0.0491. The van der Waals surface area contributed by atoms with Crippen molar-refractivity contribution in [2.24, 2.45) is 0 Å². The number of aromatic amines is 1. The predicted octanol–water partition coefficient (Wildman–Crippen LogP) is 0.242. The molecule has 0 radical (unpaired) electrons. The van der Waals surface area contributed by atoms with Crippen molar-refractivity contribution in [2.75, 3.05) is 19.6 Å². The molecule has 0 aliphatic carbocycles. The number of piperidine rings is 1. The molecular weight excluding hydrogens is 254 g/mol. The summed E-state index contributed by atoms with van der Waals surface area (Å²) >= 11 is 0. The first-order chi connectivity index (χ1) is 9.84. The molecule has 2 aliphatic heterocycles. The zero-order chi connectivity index (χ0) is 13.8. The quantitative estimate of drug-likeness (QED) is 0.737. The molecular formula is C14H23N5O. The van der Waals surface area contributed by atoms with Gasteiger partial charge in [-0.3, -0.25) is 9.69 Å². The van der Waals surface area contributed by atoms with Gasteiger partial charge in [-0.05, 0) is 45.3 Å². The van der Waals surface area contributed by atoms with E-state index in [0.717, 1.165) is 51.1 Å². The minimum atomic E-state index is 0.0491. The van der Waals surface area contributed by atoms with Crippen LogP contribution in [-0.2, 0) is 11.3 Å². The molecule has 2 saturated heterocycles. The van der Waals surface area contributed by atoms with E-state index in [-0.39, 0.29) is 11.9 Å². The fourth-order valence-corrected chi connectivity index (χ4v) is 3.33. The first kappa shape index (κ1) is 13.6. The van der Waals surface area contributed by atoms with Crippen LogP contribution in [0.25, 0.3) is 0 Å². The van der Waals surface area contributed by atoms with Crippen LogP contribution in [0.2, 0.25) is 0 Å². The summed E-state index contributed by atoms with van der Waals surface area (Å²) in [5.41, 5.74) is 0. The first-order valence-corrected chi connectivity index (χ1v) is 7.57. The smallest absolute Gasteiger partial charge is 0.237 e. The lowest BCUT2D eigenvalue weighted by molar-refractivity contribution is -0.126. The Morgan fingerprint density at radius 3 is 3.00 bits per heavy atom. The number of aromatic nitrogens is 2.